The van der Waals surface area contributed by atoms with E-state index in [9.17, 15) is 0 Å². The van der Waals surface area contributed by atoms with Crippen molar-refractivity contribution in [3.8, 4) is 0 Å². The predicted octanol–water partition coefficient (Wildman–Crippen LogP) is 7.67. The van der Waals surface area contributed by atoms with Crippen LogP contribution >= 0.6 is 35.0 Å². The Balaban J connectivity index is 2.47. The first-order chi connectivity index (χ1) is 11.0. The molecule has 0 radical (unpaired) electrons. The molecular weight excluding hydrogens is 343 g/mol. The molecule has 0 amide bonds. The summed E-state index contributed by atoms with van der Waals surface area (Å²) in [5.41, 5.74) is 4.82. The standard InChI is InChI=1S/C20H24Cl2S/c1-5-7-15-17(11-9-13(3)19(15)21)23-18-12-10-14(4)20(22)16(18)8-6-2/h9-12H,5-8H2,1-4H3. The molecule has 2 aromatic carbocycles. The maximum atomic E-state index is 6.56. The highest BCUT2D eigenvalue weighted by Crippen LogP contribution is 2.40. The summed E-state index contributed by atoms with van der Waals surface area (Å²) in [5.74, 6) is 0. The molecule has 0 saturated carbocycles. The van der Waals surface area contributed by atoms with Crippen LogP contribution in [0.3, 0.4) is 0 Å². The zero-order chi connectivity index (χ0) is 17.0. The first-order valence-electron chi connectivity index (χ1n) is 8.23. The first-order valence-corrected chi connectivity index (χ1v) is 9.80. The molecule has 3 heteroatoms. The van der Waals surface area contributed by atoms with Crippen LogP contribution in [0, 0.1) is 13.8 Å². The van der Waals surface area contributed by atoms with E-state index in [0.29, 0.717) is 0 Å². The largest absolute Gasteiger partial charge is 0.0894 e. The second-order valence-corrected chi connectivity index (χ2v) is 7.79. The number of benzene rings is 2. The van der Waals surface area contributed by atoms with E-state index in [1.54, 1.807) is 11.8 Å². The van der Waals surface area contributed by atoms with E-state index in [4.69, 9.17) is 23.2 Å². The Hall–Kier alpha value is -0.630. The maximum absolute atomic E-state index is 6.56. The van der Waals surface area contributed by atoms with Gasteiger partial charge in [-0.3, -0.25) is 0 Å². The average Bonchev–Trinajstić information content (AvgIpc) is 2.53. The lowest BCUT2D eigenvalue weighted by Crippen LogP contribution is -1.95. The zero-order valence-electron chi connectivity index (χ0n) is 14.3. The normalized spacial score (nSPS) is 11.0. The Morgan fingerprint density at radius 2 is 1.13 bits per heavy atom. The molecule has 0 atom stereocenters. The van der Waals surface area contributed by atoms with E-state index < -0.39 is 0 Å². The molecule has 0 saturated heterocycles. The van der Waals surface area contributed by atoms with E-state index in [1.807, 2.05) is 0 Å². The molecule has 0 nitrogen and oxygen atoms in total. The fourth-order valence-corrected chi connectivity index (χ4v) is 4.51. The van der Waals surface area contributed by atoms with Crippen LogP contribution in [0.4, 0.5) is 0 Å². The van der Waals surface area contributed by atoms with Gasteiger partial charge in [-0.25, -0.2) is 0 Å². The van der Waals surface area contributed by atoms with Crippen LogP contribution in [-0.4, -0.2) is 0 Å². The fraction of sp³-hybridized carbons (Fsp3) is 0.400. The number of hydrogen-bond donors (Lipinski definition) is 0. The van der Waals surface area contributed by atoms with Crippen molar-refractivity contribution < 1.29 is 0 Å². The van der Waals surface area contributed by atoms with Gasteiger partial charge in [-0.2, -0.15) is 0 Å². The number of hydrogen-bond acceptors (Lipinski definition) is 1. The highest BCUT2D eigenvalue weighted by atomic mass is 35.5. The van der Waals surface area contributed by atoms with Gasteiger partial charge in [-0.05, 0) is 61.1 Å². The van der Waals surface area contributed by atoms with Crippen LogP contribution in [0.1, 0.15) is 48.9 Å². The summed E-state index contributed by atoms with van der Waals surface area (Å²) >= 11 is 14.9. The molecule has 0 aliphatic heterocycles. The number of aryl methyl sites for hydroxylation is 2. The molecule has 0 aliphatic rings. The smallest absolute Gasteiger partial charge is 0.0478 e. The summed E-state index contributed by atoms with van der Waals surface area (Å²) in [5, 5.41) is 1.82. The van der Waals surface area contributed by atoms with Crippen molar-refractivity contribution in [2.45, 2.75) is 63.2 Å². The fourth-order valence-electron chi connectivity index (χ4n) is 2.72. The van der Waals surface area contributed by atoms with E-state index in [2.05, 4.69) is 52.0 Å². The van der Waals surface area contributed by atoms with Gasteiger partial charge in [-0.15, -0.1) is 0 Å². The molecule has 124 valence electrons. The third-order valence-corrected chi connectivity index (χ3v) is 6.26. The van der Waals surface area contributed by atoms with E-state index in [-0.39, 0.29) is 0 Å². The summed E-state index contributed by atoms with van der Waals surface area (Å²) in [6, 6.07) is 8.61. The van der Waals surface area contributed by atoms with Crippen LogP contribution in [-0.2, 0) is 12.8 Å². The SMILES string of the molecule is CCCc1c(Sc2ccc(C)c(Cl)c2CCC)ccc(C)c1Cl. The van der Waals surface area contributed by atoms with Crippen molar-refractivity contribution in [2.24, 2.45) is 0 Å². The van der Waals surface area contributed by atoms with Crippen molar-refractivity contribution in [2.75, 3.05) is 0 Å². The summed E-state index contributed by atoms with van der Waals surface area (Å²) in [6.45, 7) is 8.53. The van der Waals surface area contributed by atoms with Crippen LogP contribution < -0.4 is 0 Å². The molecule has 0 aromatic heterocycles. The third kappa shape index (κ3) is 4.26. The second-order valence-electron chi connectivity index (χ2n) is 5.95. The first kappa shape index (κ1) is 18.7. The molecule has 0 fully saturated rings. The minimum atomic E-state index is 0.909. The van der Waals surface area contributed by atoms with Crippen LogP contribution in [0.25, 0.3) is 0 Å². The second kappa shape index (κ2) is 8.46. The van der Waals surface area contributed by atoms with Crippen molar-refractivity contribution in [1.82, 2.24) is 0 Å². The van der Waals surface area contributed by atoms with Crippen LogP contribution in [0.15, 0.2) is 34.1 Å². The highest BCUT2D eigenvalue weighted by molar-refractivity contribution is 7.99. The molecule has 23 heavy (non-hydrogen) atoms. The molecule has 0 aliphatic carbocycles. The Morgan fingerprint density at radius 3 is 1.48 bits per heavy atom. The van der Waals surface area contributed by atoms with Gasteiger partial charge in [0, 0.05) is 19.8 Å². The number of rotatable bonds is 6. The van der Waals surface area contributed by atoms with Gasteiger partial charge < -0.3 is 0 Å². The van der Waals surface area contributed by atoms with Crippen LogP contribution in [0.5, 0.6) is 0 Å². The number of halogens is 2. The Bertz CT molecular complexity index is 633. The van der Waals surface area contributed by atoms with Crippen molar-refractivity contribution in [3.63, 3.8) is 0 Å². The Morgan fingerprint density at radius 1 is 0.739 bits per heavy atom. The van der Waals surface area contributed by atoms with Gasteiger partial charge in [0.2, 0.25) is 0 Å². The van der Waals surface area contributed by atoms with Gasteiger partial charge >= 0.3 is 0 Å². The lowest BCUT2D eigenvalue weighted by atomic mass is 10.1. The lowest BCUT2D eigenvalue weighted by molar-refractivity contribution is 0.892. The van der Waals surface area contributed by atoms with Crippen molar-refractivity contribution in [3.05, 3.63) is 56.6 Å². The molecule has 0 N–H and O–H groups in total. The van der Waals surface area contributed by atoms with Gasteiger partial charge in [0.1, 0.15) is 0 Å². The Labute approximate surface area is 154 Å². The molecule has 0 spiro atoms. The summed E-state index contributed by atoms with van der Waals surface area (Å²) < 4.78 is 0. The molecular formula is C20H24Cl2S. The summed E-state index contributed by atoms with van der Waals surface area (Å²) in [6.07, 6.45) is 4.19. The molecule has 0 unspecified atom stereocenters. The quantitative estimate of drug-likeness (QED) is 0.505. The van der Waals surface area contributed by atoms with Crippen molar-refractivity contribution >= 4 is 35.0 Å². The van der Waals surface area contributed by atoms with Crippen LogP contribution in [0.2, 0.25) is 10.0 Å². The van der Waals surface area contributed by atoms with E-state index in [0.717, 1.165) is 46.9 Å². The maximum Gasteiger partial charge on any atom is 0.0478 e. The third-order valence-electron chi connectivity index (χ3n) is 4.01. The monoisotopic (exact) mass is 366 g/mol. The van der Waals surface area contributed by atoms with Gasteiger partial charge in [0.15, 0.2) is 0 Å². The average molecular weight is 367 g/mol. The van der Waals surface area contributed by atoms with E-state index in [1.165, 1.54) is 20.9 Å². The summed E-state index contributed by atoms with van der Waals surface area (Å²) in [7, 11) is 0. The molecule has 0 heterocycles. The molecule has 2 aromatic rings. The minimum Gasteiger partial charge on any atom is -0.0894 e. The van der Waals surface area contributed by atoms with Gasteiger partial charge in [-0.1, -0.05) is 73.8 Å². The molecule has 2 rings (SSSR count). The topological polar surface area (TPSA) is 0 Å². The minimum absolute atomic E-state index is 0.909. The Kier molecular flexibility index (Phi) is 6.88. The lowest BCUT2D eigenvalue weighted by Gasteiger charge is -2.16. The van der Waals surface area contributed by atoms with Gasteiger partial charge in [0.25, 0.3) is 0 Å². The predicted molar refractivity (Wildman–Crippen MR) is 104 cm³/mol. The highest BCUT2D eigenvalue weighted by Gasteiger charge is 2.14. The van der Waals surface area contributed by atoms with Gasteiger partial charge in [0.05, 0.1) is 0 Å². The van der Waals surface area contributed by atoms with Crippen molar-refractivity contribution in [1.29, 1.82) is 0 Å². The summed E-state index contributed by atoms with van der Waals surface area (Å²) in [4.78, 5) is 2.50. The zero-order valence-corrected chi connectivity index (χ0v) is 16.6. The van der Waals surface area contributed by atoms with E-state index >= 15 is 0 Å². The molecule has 0 bridgehead atoms.